The molecule has 174 valence electrons. The molecule has 1 aromatic heterocycles. The van der Waals surface area contributed by atoms with Crippen LogP contribution >= 0.6 is 11.6 Å². The third-order valence-electron chi connectivity index (χ3n) is 6.28. The predicted molar refractivity (Wildman–Crippen MR) is 142 cm³/mol. The second-order valence-corrected chi connectivity index (χ2v) is 9.16. The number of rotatable bonds is 8. The maximum atomic E-state index is 9.21. The lowest BCUT2D eigenvalue weighted by Crippen LogP contribution is -2.34. The minimum Gasteiger partial charge on any atom is -0.396 e. The van der Waals surface area contributed by atoms with Crippen molar-refractivity contribution in [2.75, 3.05) is 19.7 Å². The molecule has 34 heavy (non-hydrogen) atoms. The van der Waals surface area contributed by atoms with Crippen LogP contribution in [0.2, 0.25) is 5.02 Å². The van der Waals surface area contributed by atoms with Gasteiger partial charge in [-0.25, -0.2) is 4.98 Å². The Bertz CT molecular complexity index is 1120. The van der Waals surface area contributed by atoms with Crippen molar-refractivity contribution in [2.45, 2.75) is 38.1 Å². The Morgan fingerprint density at radius 3 is 2.35 bits per heavy atom. The molecule has 1 N–H and O–H groups in total. The Hall–Kier alpha value is -2.90. The topological polar surface area (TPSA) is 36.4 Å². The van der Waals surface area contributed by atoms with E-state index in [1.807, 2.05) is 42.6 Å². The van der Waals surface area contributed by atoms with Crippen LogP contribution in [0.5, 0.6) is 0 Å². The summed E-state index contributed by atoms with van der Waals surface area (Å²) in [6.45, 7) is 2.16. The molecule has 4 heteroatoms. The van der Waals surface area contributed by atoms with Crippen molar-refractivity contribution >= 4 is 17.7 Å². The third kappa shape index (κ3) is 7.05. The highest BCUT2D eigenvalue weighted by molar-refractivity contribution is 6.30. The van der Waals surface area contributed by atoms with Crippen LogP contribution in [0.4, 0.5) is 0 Å². The molecule has 2 aromatic carbocycles. The molecule has 1 saturated carbocycles. The fourth-order valence-corrected chi connectivity index (χ4v) is 4.51. The number of pyridine rings is 1. The van der Waals surface area contributed by atoms with Gasteiger partial charge < -0.3 is 5.11 Å². The van der Waals surface area contributed by atoms with E-state index >= 15 is 0 Å². The lowest BCUT2D eigenvalue weighted by molar-refractivity contribution is 0.191. The molecule has 4 rings (SSSR count). The van der Waals surface area contributed by atoms with E-state index in [-0.39, 0.29) is 6.61 Å². The Morgan fingerprint density at radius 2 is 1.68 bits per heavy atom. The van der Waals surface area contributed by atoms with Crippen LogP contribution in [-0.4, -0.2) is 40.7 Å². The van der Waals surface area contributed by atoms with E-state index in [1.165, 1.54) is 31.2 Å². The molecule has 3 aromatic rings. The summed E-state index contributed by atoms with van der Waals surface area (Å²) in [4.78, 5) is 7.00. The van der Waals surface area contributed by atoms with Crippen LogP contribution in [0.3, 0.4) is 0 Å². The van der Waals surface area contributed by atoms with E-state index in [4.69, 9.17) is 11.6 Å². The maximum absolute atomic E-state index is 9.21. The molecule has 0 unspecified atom stereocenters. The Balaban J connectivity index is 1.33. The second kappa shape index (κ2) is 12.5. The summed E-state index contributed by atoms with van der Waals surface area (Å²) < 4.78 is 0. The first-order valence-corrected chi connectivity index (χ1v) is 12.4. The minimum atomic E-state index is 0.261. The molecule has 0 aliphatic heterocycles. The fraction of sp³-hybridized carbons (Fsp3) is 0.300. The zero-order valence-electron chi connectivity index (χ0n) is 19.5. The third-order valence-corrected chi connectivity index (χ3v) is 6.53. The first kappa shape index (κ1) is 24.2. The number of hydrogen-bond acceptors (Lipinski definition) is 3. The quantitative estimate of drug-likeness (QED) is 0.385. The largest absolute Gasteiger partial charge is 0.396 e. The highest BCUT2D eigenvalue weighted by Crippen LogP contribution is 2.24. The molecular weight excluding hydrogens is 440 g/mol. The smallest absolute Gasteiger partial charge is 0.113 e. The van der Waals surface area contributed by atoms with Crippen LogP contribution in [0.25, 0.3) is 17.2 Å². The first-order chi connectivity index (χ1) is 16.7. The van der Waals surface area contributed by atoms with E-state index in [1.54, 1.807) is 0 Å². The highest BCUT2D eigenvalue weighted by atomic mass is 35.5. The maximum Gasteiger partial charge on any atom is 0.113 e. The van der Waals surface area contributed by atoms with Gasteiger partial charge in [-0.1, -0.05) is 72.8 Å². The van der Waals surface area contributed by atoms with E-state index in [0.29, 0.717) is 6.04 Å². The molecule has 0 amide bonds. The van der Waals surface area contributed by atoms with Gasteiger partial charge in [-0.3, -0.25) is 4.90 Å². The van der Waals surface area contributed by atoms with Gasteiger partial charge in [0.15, 0.2) is 0 Å². The normalized spacial score (nSPS) is 14.0. The van der Waals surface area contributed by atoms with Crippen LogP contribution in [0.1, 0.15) is 48.9 Å². The van der Waals surface area contributed by atoms with Gasteiger partial charge in [0.05, 0.1) is 0 Å². The predicted octanol–water partition coefficient (Wildman–Crippen LogP) is 6.44. The van der Waals surface area contributed by atoms with Crippen LogP contribution in [0.15, 0.2) is 72.9 Å². The number of hydrogen-bond donors (Lipinski definition) is 1. The Labute approximate surface area is 208 Å². The van der Waals surface area contributed by atoms with Crippen molar-refractivity contribution in [3.8, 4) is 23.0 Å². The van der Waals surface area contributed by atoms with E-state index < -0.39 is 0 Å². The molecule has 1 fully saturated rings. The molecule has 0 bridgehead atoms. The minimum absolute atomic E-state index is 0.261. The summed E-state index contributed by atoms with van der Waals surface area (Å²) in [5, 5.41) is 9.93. The van der Waals surface area contributed by atoms with Gasteiger partial charge >= 0.3 is 0 Å². The molecule has 1 aliphatic rings. The summed E-state index contributed by atoms with van der Waals surface area (Å²) in [6.07, 6.45) is 12.3. The molecule has 3 nitrogen and oxygen atoms in total. The van der Waals surface area contributed by atoms with E-state index in [9.17, 15) is 5.11 Å². The molecule has 1 aliphatic carbocycles. The zero-order chi connectivity index (χ0) is 23.6. The SMILES string of the molecule is OCCCN(CC=Cc1ccc(C#Cc2ccc(-c3ccc(Cl)cc3)cn2)cc1)C1CCCC1. The lowest BCUT2D eigenvalue weighted by Gasteiger charge is -2.27. The van der Waals surface area contributed by atoms with Gasteiger partial charge in [0.2, 0.25) is 0 Å². The number of aliphatic hydroxyl groups is 1. The monoisotopic (exact) mass is 470 g/mol. The molecular formula is C30H31ClN2O. The van der Waals surface area contributed by atoms with Gasteiger partial charge in [-0.2, -0.15) is 0 Å². The van der Waals surface area contributed by atoms with Crippen molar-refractivity contribution in [3.63, 3.8) is 0 Å². The molecule has 1 heterocycles. The van der Waals surface area contributed by atoms with Gasteiger partial charge in [-0.05, 0) is 66.6 Å². The fourth-order valence-electron chi connectivity index (χ4n) is 4.38. The molecule has 0 saturated heterocycles. The zero-order valence-corrected chi connectivity index (χ0v) is 20.2. The van der Waals surface area contributed by atoms with Crippen LogP contribution in [-0.2, 0) is 0 Å². The number of nitrogens with zero attached hydrogens (tertiary/aromatic N) is 2. The Morgan fingerprint density at radius 1 is 0.941 bits per heavy atom. The average Bonchev–Trinajstić information content (AvgIpc) is 3.41. The van der Waals surface area contributed by atoms with Gasteiger partial charge in [0.1, 0.15) is 5.69 Å². The lowest BCUT2D eigenvalue weighted by atomic mass is 10.1. The summed E-state index contributed by atoms with van der Waals surface area (Å²) in [7, 11) is 0. The summed E-state index contributed by atoms with van der Waals surface area (Å²) in [6, 6.07) is 20.7. The highest BCUT2D eigenvalue weighted by Gasteiger charge is 2.20. The van der Waals surface area contributed by atoms with E-state index in [0.717, 1.165) is 46.9 Å². The number of halogens is 1. The molecule has 0 spiro atoms. The van der Waals surface area contributed by atoms with Gasteiger partial charge in [-0.15, -0.1) is 0 Å². The van der Waals surface area contributed by atoms with Crippen LogP contribution < -0.4 is 0 Å². The van der Waals surface area contributed by atoms with Crippen molar-refractivity contribution < 1.29 is 5.11 Å². The van der Waals surface area contributed by atoms with Crippen molar-refractivity contribution in [2.24, 2.45) is 0 Å². The number of aromatic nitrogens is 1. The van der Waals surface area contributed by atoms with Gasteiger partial charge in [0.25, 0.3) is 0 Å². The average molecular weight is 471 g/mol. The molecule has 0 atom stereocenters. The van der Waals surface area contributed by atoms with Crippen LogP contribution in [0, 0.1) is 11.8 Å². The van der Waals surface area contributed by atoms with E-state index in [2.05, 4.69) is 58.1 Å². The summed E-state index contributed by atoms with van der Waals surface area (Å²) >= 11 is 5.96. The summed E-state index contributed by atoms with van der Waals surface area (Å²) in [5.41, 5.74) is 5.01. The second-order valence-electron chi connectivity index (χ2n) is 8.72. The van der Waals surface area contributed by atoms with Crippen molar-refractivity contribution in [3.05, 3.63) is 94.8 Å². The number of benzene rings is 2. The first-order valence-electron chi connectivity index (χ1n) is 12.1. The van der Waals surface area contributed by atoms with Gasteiger partial charge in [0, 0.05) is 48.1 Å². The summed E-state index contributed by atoms with van der Waals surface area (Å²) in [5.74, 6) is 6.35. The van der Waals surface area contributed by atoms with Crippen molar-refractivity contribution in [1.82, 2.24) is 9.88 Å². The van der Waals surface area contributed by atoms with Crippen molar-refractivity contribution in [1.29, 1.82) is 0 Å². The number of aliphatic hydroxyl groups excluding tert-OH is 1. The molecule has 0 radical (unpaired) electrons. The Kier molecular flexibility index (Phi) is 8.93. The standard InChI is InChI=1S/C30H31ClN2O/c31-28-16-13-26(14-17-28)27-15-19-29(32-23-27)18-12-25-10-8-24(9-11-25)5-3-20-33(21-4-22-34)30-6-1-2-7-30/h3,5,8-11,13-17,19,23,30,34H,1-2,4,6-7,20-22H2.